The Kier molecular flexibility index (Phi) is 2.19. The first-order valence-corrected chi connectivity index (χ1v) is 4.75. The van der Waals surface area contributed by atoms with Gasteiger partial charge in [0.25, 0.3) is 0 Å². The SMILES string of the molecule is COc1cc(N)cnc1N1CC(C)C1. The molecule has 0 amide bonds. The van der Waals surface area contributed by atoms with Crippen LogP contribution in [0.5, 0.6) is 5.75 Å². The van der Waals surface area contributed by atoms with E-state index in [2.05, 4.69) is 16.8 Å². The molecule has 1 fully saturated rings. The second kappa shape index (κ2) is 3.36. The highest BCUT2D eigenvalue weighted by Gasteiger charge is 2.26. The number of rotatable bonds is 2. The molecule has 0 radical (unpaired) electrons. The standard InChI is InChI=1S/C10H15N3O/c1-7-5-13(6-7)10-9(14-2)3-8(11)4-12-10/h3-4,7H,5-6,11H2,1-2H3. The number of hydrogen-bond donors (Lipinski definition) is 1. The molecule has 2 N–H and O–H groups in total. The predicted octanol–water partition coefficient (Wildman–Crippen LogP) is 1.13. The molecule has 0 atom stereocenters. The lowest BCUT2D eigenvalue weighted by Gasteiger charge is -2.38. The lowest BCUT2D eigenvalue weighted by atomic mass is 10.0. The minimum atomic E-state index is 0.638. The Morgan fingerprint density at radius 1 is 1.57 bits per heavy atom. The maximum Gasteiger partial charge on any atom is 0.171 e. The summed E-state index contributed by atoms with van der Waals surface area (Å²) in [5.41, 5.74) is 6.27. The van der Waals surface area contributed by atoms with Crippen LogP contribution >= 0.6 is 0 Å². The number of methoxy groups -OCH3 is 1. The summed E-state index contributed by atoms with van der Waals surface area (Å²) in [7, 11) is 1.64. The molecule has 1 aliphatic heterocycles. The van der Waals surface area contributed by atoms with Crippen molar-refractivity contribution in [1.29, 1.82) is 0 Å². The van der Waals surface area contributed by atoms with Crippen molar-refractivity contribution < 1.29 is 4.74 Å². The Balaban J connectivity index is 2.24. The summed E-state index contributed by atoms with van der Waals surface area (Å²) < 4.78 is 5.23. The first kappa shape index (κ1) is 9.12. The number of hydrogen-bond acceptors (Lipinski definition) is 4. The van der Waals surface area contributed by atoms with E-state index in [1.807, 2.05) is 6.07 Å². The van der Waals surface area contributed by atoms with Gasteiger partial charge in [-0.25, -0.2) is 4.98 Å². The number of aromatic nitrogens is 1. The largest absolute Gasteiger partial charge is 0.493 e. The quantitative estimate of drug-likeness (QED) is 0.765. The van der Waals surface area contributed by atoms with Crippen LogP contribution in [-0.2, 0) is 0 Å². The van der Waals surface area contributed by atoms with E-state index in [1.54, 1.807) is 13.3 Å². The van der Waals surface area contributed by atoms with Gasteiger partial charge in [-0.15, -0.1) is 0 Å². The minimum Gasteiger partial charge on any atom is -0.493 e. The fraction of sp³-hybridized carbons (Fsp3) is 0.500. The van der Waals surface area contributed by atoms with Crippen LogP contribution < -0.4 is 15.4 Å². The van der Waals surface area contributed by atoms with Gasteiger partial charge < -0.3 is 15.4 Å². The number of nitrogens with two attached hydrogens (primary N) is 1. The highest BCUT2D eigenvalue weighted by Crippen LogP contribution is 2.31. The molecule has 1 saturated heterocycles. The highest BCUT2D eigenvalue weighted by atomic mass is 16.5. The summed E-state index contributed by atoms with van der Waals surface area (Å²) in [6.45, 7) is 4.32. The average Bonchev–Trinajstić information content (AvgIpc) is 2.13. The Morgan fingerprint density at radius 3 is 2.86 bits per heavy atom. The van der Waals surface area contributed by atoms with E-state index in [0.717, 1.165) is 30.6 Å². The Labute approximate surface area is 83.7 Å². The van der Waals surface area contributed by atoms with E-state index in [9.17, 15) is 0 Å². The van der Waals surface area contributed by atoms with E-state index in [0.29, 0.717) is 5.69 Å². The number of anilines is 2. The molecule has 1 aliphatic rings. The first-order chi connectivity index (χ1) is 6.70. The summed E-state index contributed by atoms with van der Waals surface area (Å²) in [4.78, 5) is 6.48. The van der Waals surface area contributed by atoms with Crippen LogP contribution in [0.15, 0.2) is 12.3 Å². The maximum atomic E-state index is 5.63. The van der Waals surface area contributed by atoms with Gasteiger partial charge in [-0.2, -0.15) is 0 Å². The zero-order chi connectivity index (χ0) is 10.1. The van der Waals surface area contributed by atoms with Gasteiger partial charge in [-0.05, 0) is 5.92 Å². The van der Waals surface area contributed by atoms with Gasteiger partial charge in [-0.3, -0.25) is 0 Å². The molecule has 4 heteroatoms. The van der Waals surface area contributed by atoms with Crippen molar-refractivity contribution in [2.24, 2.45) is 5.92 Å². The Morgan fingerprint density at radius 2 is 2.29 bits per heavy atom. The summed E-state index contributed by atoms with van der Waals surface area (Å²) in [5.74, 6) is 2.41. The maximum absolute atomic E-state index is 5.63. The molecule has 0 saturated carbocycles. The van der Waals surface area contributed by atoms with Crippen LogP contribution in [-0.4, -0.2) is 25.2 Å². The van der Waals surface area contributed by atoms with Gasteiger partial charge in [0, 0.05) is 19.2 Å². The second-order valence-electron chi connectivity index (χ2n) is 3.80. The molecule has 1 aromatic heterocycles. The molecule has 0 bridgehead atoms. The summed E-state index contributed by atoms with van der Waals surface area (Å²) >= 11 is 0. The van der Waals surface area contributed by atoms with Crippen LogP contribution in [0.2, 0.25) is 0 Å². The fourth-order valence-electron chi connectivity index (χ4n) is 1.71. The third-order valence-corrected chi connectivity index (χ3v) is 2.44. The van der Waals surface area contributed by atoms with Crippen molar-refractivity contribution in [2.75, 3.05) is 30.8 Å². The fourth-order valence-corrected chi connectivity index (χ4v) is 1.71. The molecule has 1 aromatic rings. The van der Waals surface area contributed by atoms with Gasteiger partial charge in [-0.1, -0.05) is 6.92 Å². The number of nitrogens with zero attached hydrogens (tertiary/aromatic N) is 2. The van der Waals surface area contributed by atoms with E-state index < -0.39 is 0 Å². The van der Waals surface area contributed by atoms with Crippen LogP contribution in [0.3, 0.4) is 0 Å². The molecule has 2 rings (SSSR count). The van der Waals surface area contributed by atoms with Crippen LogP contribution in [0.25, 0.3) is 0 Å². The van der Waals surface area contributed by atoms with E-state index in [-0.39, 0.29) is 0 Å². The molecule has 4 nitrogen and oxygen atoms in total. The normalized spacial score (nSPS) is 16.6. The predicted molar refractivity (Wildman–Crippen MR) is 56.6 cm³/mol. The Bertz CT molecular complexity index is 334. The van der Waals surface area contributed by atoms with Crippen LogP contribution in [0.4, 0.5) is 11.5 Å². The smallest absolute Gasteiger partial charge is 0.171 e. The lowest BCUT2D eigenvalue weighted by Crippen LogP contribution is -2.45. The van der Waals surface area contributed by atoms with E-state index in [4.69, 9.17) is 10.5 Å². The third-order valence-electron chi connectivity index (χ3n) is 2.44. The van der Waals surface area contributed by atoms with Crippen molar-refractivity contribution in [3.8, 4) is 5.75 Å². The molecule has 14 heavy (non-hydrogen) atoms. The van der Waals surface area contributed by atoms with Crippen LogP contribution in [0, 0.1) is 5.92 Å². The van der Waals surface area contributed by atoms with Crippen molar-refractivity contribution in [3.63, 3.8) is 0 Å². The van der Waals surface area contributed by atoms with Crippen molar-refractivity contribution >= 4 is 11.5 Å². The zero-order valence-corrected chi connectivity index (χ0v) is 8.53. The van der Waals surface area contributed by atoms with Gasteiger partial charge in [0.05, 0.1) is 19.0 Å². The van der Waals surface area contributed by atoms with Crippen molar-refractivity contribution in [1.82, 2.24) is 4.98 Å². The monoisotopic (exact) mass is 193 g/mol. The molecule has 0 spiro atoms. The number of nitrogen functional groups attached to an aromatic ring is 1. The minimum absolute atomic E-state index is 0.638. The molecular formula is C10H15N3O. The first-order valence-electron chi connectivity index (χ1n) is 4.75. The summed E-state index contributed by atoms with van der Waals surface area (Å²) in [6, 6.07) is 1.81. The lowest BCUT2D eigenvalue weighted by molar-refractivity contribution is 0.396. The van der Waals surface area contributed by atoms with Gasteiger partial charge >= 0.3 is 0 Å². The van der Waals surface area contributed by atoms with Gasteiger partial charge in [0.2, 0.25) is 0 Å². The topological polar surface area (TPSA) is 51.4 Å². The zero-order valence-electron chi connectivity index (χ0n) is 8.53. The molecule has 0 unspecified atom stereocenters. The Hall–Kier alpha value is -1.45. The average molecular weight is 193 g/mol. The third kappa shape index (κ3) is 1.47. The number of pyridine rings is 1. The van der Waals surface area contributed by atoms with E-state index in [1.165, 1.54) is 0 Å². The molecular weight excluding hydrogens is 178 g/mol. The summed E-state index contributed by atoms with van der Waals surface area (Å²) in [6.07, 6.45) is 1.67. The number of ether oxygens (including phenoxy) is 1. The summed E-state index contributed by atoms with van der Waals surface area (Å²) in [5, 5.41) is 0. The van der Waals surface area contributed by atoms with Gasteiger partial charge in [0.15, 0.2) is 11.6 Å². The van der Waals surface area contributed by atoms with E-state index >= 15 is 0 Å². The van der Waals surface area contributed by atoms with Gasteiger partial charge in [0.1, 0.15) is 0 Å². The van der Waals surface area contributed by atoms with Crippen molar-refractivity contribution in [3.05, 3.63) is 12.3 Å². The molecule has 76 valence electrons. The molecule has 0 aromatic carbocycles. The van der Waals surface area contributed by atoms with Crippen LogP contribution in [0.1, 0.15) is 6.92 Å². The highest BCUT2D eigenvalue weighted by molar-refractivity contribution is 5.59. The molecule has 2 heterocycles. The second-order valence-corrected chi connectivity index (χ2v) is 3.80. The van der Waals surface area contributed by atoms with Crippen molar-refractivity contribution in [2.45, 2.75) is 6.92 Å². The molecule has 0 aliphatic carbocycles.